The summed E-state index contributed by atoms with van der Waals surface area (Å²) in [6.07, 6.45) is 1.05. The molecule has 19 heavy (non-hydrogen) atoms. The van der Waals surface area contributed by atoms with Crippen molar-refractivity contribution in [2.75, 3.05) is 5.73 Å². The summed E-state index contributed by atoms with van der Waals surface area (Å²) >= 11 is 5.84. The predicted molar refractivity (Wildman–Crippen MR) is 74.5 cm³/mol. The Balaban J connectivity index is 2.15. The van der Waals surface area contributed by atoms with Gasteiger partial charge in [0.2, 0.25) is 0 Å². The van der Waals surface area contributed by atoms with Crippen LogP contribution in [0.4, 0.5) is 10.2 Å². The van der Waals surface area contributed by atoms with E-state index in [4.69, 9.17) is 17.3 Å². The summed E-state index contributed by atoms with van der Waals surface area (Å²) in [6.45, 7) is 4.35. The van der Waals surface area contributed by atoms with E-state index in [1.165, 1.54) is 6.07 Å². The standard InChI is InChI=1S/C14H15ClFN3/c1-14(2)6-8(14)12-10(13(17)19-18-12)7-4-3-5-9(15)11(7)16/h3-5,8H,6H2,1-2H3,(H3,17,18,19). The fourth-order valence-electron chi connectivity index (χ4n) is 2.56. The smallest absolute Gasteiger partial charge is 0.153 e. The Morgan fingerprint density at radius 1 is 1.47 bits per heavy atom. The van der Waals surface area contributed by atoms with Gasteiger partial charge in [0.25, 0.3) is 0 Å². The first-order valence-corrected chi connectivity index (χ1v) is 6.57. The van der Waals surface area contributed by atoms with Crippen LogP contribution in [0.5, 0.6) is 0 Å². The number of nitrogen functional groups attached to an aromatic ring is 1. The van der Waals surface area contributed by atoms with E-state index in [2.05, 4.69) is 24.0 Å². The fourth-order valence-corrected chi connectivity index (χ4v) is 2.74. The number of halogens is 2. The lowest BCUT2D eigenvalue weighted by Gasteiger charge is -2.08. The topological polar surface area (TPSA) is 54.7 Å². The number of hydrogen-bond donors (Lipinski definition) is 2. The third-order valence-corrected chi connectivity index (χ3v) is 4.20. The molecule has 1 saturated carbocycles. The van der Waals surface area contributed by atoms with Crippen LogP contribution in [-0.2, 0) is 0 Å². The molecule has 100 valence electrons. The summed E-state index contributed by atoms with van der Waals surface area (Å²) in [5.41, 5.74) is 8.07. The Bertz CT molecular complexity index is 648. The number of anilines is 1. The van der Waals surface area contributed by atoms with Crippen molar-refractivity contribution >= 4 is 17.4 Å². The second kappa shape index (κ2) is 3.97. The minimum atomic E-state index is -0.447. The molecule has 1 aromatic heterocycles. The maximum Gasteiger partial charge on any atom is 0.153 e. The Labute approximate surface area is 116 Å². The molecule has 0 bridgehead atoms. The summed E-state index contributed by atoms with van der Waals surface area (Å²) in [4.78, 5) is 0. The van der Waals surface area contributed by atoms with Crippen LogP contribution in [0, 0.1) is 11.2 Å². The zero-order valence-corrected chi connectivity index (χ0v) is 11.6. The van der Waals surface area contributed by atoms with E-state index < -0.39 is 5.82 Å². The van der Waals surface area contributed by atoms with Gasteiger partial charge in [0.1, 0.15) is 5.82 Å². The van der Waals surface area contributed by atoms with Crippen LogP contribution in [0.1, 0.15) is 31.9 Å². The van der Waals surface area contributed by atoms with Crippen LogP contribution in [-0.4, -0.2) is 10.2 Å². The summed E-state index contributed by atoms with van der Waals surface area (Å²) in [6, 6.07) is 4.92. The van der Waals surface area contributed by atoms with Gasteiger partial charge in [0.15, 0.2) is 5.82 Å². The Kier molecular flexibility index (Phi) is 2.61. The molecule has 2 aromatic rings. The number of nitrogens with two attached hydrogens (primary N) is 1. The number of nitrogens with one attached hydrogen (secondary N) is 1. The zero-order valence-electron chi connectivity index (χ0n) is 10.8. The van der Waals surface area contributed by atoms with Gasteiger partial charge in [0.05, 0.1) is 5.02 Å². The Morgan fingerprint density at radius 2 is 2.16 bits per heavy atom. The molecule has 3 rings (SSSR count). The maximum atomic E-state index is 14.2. The molecule has 3 N–H and O–H groups in total. The highest BCUT2D eigenvalue weighted by molar-refractivity contribution is 6.31. The molecule has 3 nitrogen and oxygen atoms in total. The Morgan fingerprint density at radius 3 is 2.79 bits per heavy atom. The quantitative estimate of drug-likeness (QED) is 0.874. The normalized spacial score (nSPS) is 20.5. The van der Waals surface area contributed by atoms with E-state index in [1.807, 2.05) is 0 Å². The van der Waals surface area contributed by atoms with Crippen molar-refractivity contribution in [1.82, 2.24) is 10.2 Å². The van der Waals surface area contributed by atoms with Crippen molar-refractivity contribution in [2.24, 2.45) is 5.41 Å². The molecule has 0 spiro atoms. The van der Waals surface area contributed by atoms with E-state index in [1.54, 1.807) is 12.1 Å². The van der Waals surface area contributed by atoms with Crippen LogP contribution in [0.2, 0.25) is 5.02 Å². The molecule has 1 atom stereocenters. The largest absolute Gasteiger partial charge is 0.382 e. The lowest BCUT2D eigenvalue weighted by Crippen LogP contribution is -1.96. The molecule has 0 radical (unpaired) electrons. The summed E-state index contributed by atoms with van der Waals surface area (Å²) in [7, 11) is 0. The molecule has 1 unspecified atom stereocenters. The number of hydrogen-bond acceptors (Lipinski definition) is 2. The van der Waals surface area contributed by atoms with E-state index >= 15 is 0 Å². The maximum absolute atomic E-state index is 14.2. The van der Waals surface area contributed by atoms with Crippen molar-refractivity contribution in [1.29, 1.82) is 0 Å². The van der Waals surface area contributed by atoms with Crippen LogP contribution in [0.25, 0.3) is 11.1 Å². The second-order valence-corrected chi connectivity index (χ2v) is 6.15. The van der Waals surface area contributed by atoms with E-state index in [9.17, 15) is 4.39 Å². The number of aromatic nitrogens is 2. The van der Waals surface area contributed by atoms with Gasteiger partial charge in [-0.05, 0) is 17.9 Å². The van der Waals surface area contributed by atoms with Gasteiger partial charge < -0.3 is 5.73 Å². The fraction of sp³-hybridized carbons (Fsp3) is 0.357. The molecule has 1 heterocycles. The van der Waals surface area contributed by atoms with Crippen molar-refractivity contribution < 1.29 is 4.39 Å². The van der Waals surface area contributed by atoms with Crippen molar-refractivity contribution in [3.8, 4) is 11.1 Å². The average Bonchev–Trinajstić information content (AvgIpc) is 2.80. The number of H-pyrrole nitrogens is 1. The molecular formula is C14H15ClFN3. The third kappa shape index (κ3) is 1.91. The summed E-state index contributed by atoms with van der Waals surface area (Å²) in [5.74, 6) is 0.210. The molecule has 0 aliphatic heterocycles. The monoisotopic (exact) mass is 279 g/mol. The first-order chi connectivity index (χ1) is 8.92. The Hall–Kier alpha value is -1.55. The highest BCUT2D eigenvalue weighted by atomic mass is 35.5. The highest BCUT2D eigenvalue weighted by Crippen LogP contribution is 2.60. The van der Waals surface area contributed by atoms with Crippen molar-refractivity contribution in [2.45, 2.75) is 26.2 Å². The molecule has 1 fully saturated rings. The molecule has 1 aliphatic rings. The van der Waals surface area contributed by atoms with Crippen LogP contribution >= 0.6 is 11.6 Å². The van der Waals surface area contributed by atoms with Gasteiger partial charge in [-0.25, -0.2) is 4.39 Å². The first kappa shape index (κ1) is 12.5. The van der Waals surface area contributed by atoms with E-state index in [0.717, 1.165) is 12.1 Å². The summed E-state index contributed by atoms with van der Waals surface area (Å²) < 4.78 is 14.2. The highest BCUT2D eigenvalue weighted by Gasteiger charge is 2.49. The van der Waals surface area contributed by atoms with Crippen LogP contribution in [0.3, 0.4) is 0 Å². The van der Waals surface area contributed by atoms with Gasteiger partial charge >= 0.3 is 0 Å². The van der Waals surface area contributed by atoms with Gasteiger partial charge in [-0.15, -0.1) is 0 Å². The first-order valence-electron chi connectivity index (χ1n) is 6.20. The van der Waals surface area contributed by atoms with Gasteiger partial charge in [-0.3, -0.25) is 5.10 Å². The predicted octanol–water partition coefficient (Wildman–Crippen LogP) is 3.96. The minimum absolute atomic E-state index is 0.0964. The lowest BCUT2D eigenvalue weighted by atomic mass is 9.99. The summed E-state index contributed by atoms with van der Waals surface area (Å²) in [5, 5.41) is 7.08. The van der Waals surface area contributed by atoms with Gasteiger partial charge in [-0.1, -0.05) is 37.6 Å². The number of benzene rings is 1. The third-order valence-electron chi connectivity index (χ3n) is 3.91. The molecule has 1 aromatic carbocycles. The molecule has 0 saturated heterocycles. The van der Waals surface area contributed by atoms with E-state index in [0.29, 0.717) is 22.9 Å². The average molecular weight is 280 g/mol. The molecular weight excluding hydrogens is 265 g/mol. The molecule has 0 amide bonds. The zero-order chi connectivity index (χ0) is 13.8. The van der Waals surface area contributed by atoms with Crippen LogP contribution in [0.15, 0.2) is 18.2 Å². The lowest BCUT2D eigenvalue weighted by molar-refractivity contribution is 0.614. The van der Waals surface area contributed by atoms with Gasteiger partial charge in [0, 0.05) is 22.7 Å². The minimum Gasteiger partial charge on any atom is -0.382 e. The molecule has 1 aliphatic carbocycles. The number of nitrogens with zero attached hydrogens (tertiary/aromatic N) is 1. The van der Waals surface area contributed by atoms with Crippen LogP contribution < -0.4 is 5.73 Å². The SMILES string of the molecule is CC1(C)CC1c1[nH]nc(N)c1-c1cccc(Cl)c1F. The van der Waals surface area contributed by atoms with Crippen molar-refractivity contribution in [3.05, 3.63) is 34.7 Å². The van der Waals surface area contributed by atoms with Crippen molar-refractivity contribution in [3.63, 3.8) is 0 Å². The second-order valence-electron chi connectivity index (χ2n) is 5.74. The number of aromatic amines is 1. The molecule has 5 heteroatoms. The number of rotatable bonds is 2. The van der Waals surface area contributed by atoms with E-state index in [-0.39, 0.29) is 10.4 Å². The van der Waals surface area contributed by atoms with Gasteiger partial charge in [-0.2, -0.15) is 5.10 Å².